The third-order valence-corrected chi connectivity index (χ3v) is 1.66. The number of halogens is 1. The van der Waals surface area contributed by atoms with Crippen molar-refractivity contribution in [1.82, 2.24) is 0 Å². The predicted molar refractivity (Wildman–Crippen MR) is 51.7 cm³/mol. The van der Waals surface area contributed by atoms with Crippen molar-refractivity contribution in [3.05, 3.63) is 34.9 Å². The maximum Gasteiger partial charge on any atom is 0.248 e. The van der Waals surface area contributed by atoms with Gasteiger partial charge in [0.1, 0.15) is 0 Å². The Hall–Kier alpha value is -1.02. The maximum atomic E-state index is 10.8. The van der Waals surface area contributed by atoms with Gasteiger partial charge >= 0.3 is 0 Å². The minimum atomic E-state index is -0.355. The molecule has 12 heavy (non-hydrogen) atoms. The van der Waals surface area contributed by atoms with E-state index in [4.69, 9.17) is 5.73 Å². The highest BCUT2D eigenvalue weighted by atomic mass is 35.5. The van der Waals surface area contributed by atoms with Crippen LogP contribution in [0.15, 0.2) is 18.2 Å². The van der Waals surface area contributed by atoms with Crippen LogP contribution < -0.4 is 5.73 Å². The van der Waals surface area contributed by atoms with Gasteiger partial charge in [0, 0.05) is 5.56 Å². The summed E-state index contributed by atoms with van der Waals surface area (Å²) in [7, 11) is 0. The molecular formula is C9H12ClNO. The Kier molecular flexibility index (Phi) is 3.77. The number of aryl methyl sites for hydroxylation is 2. The number of hydrogen-bond acceptors (Lipinski definition) is 1. The van der Waals surface area contributed by atoms with Gasteiger partial charge in [-0.25, -0.2) is 0 Å². The highest BCUT2D eigenvalue weighted by molar-refractivity contribution is 5.94. The molecule has 1 amide bonds. The van der Waals surface area contributed by atoms with Crippen molar-refractivity contribution in [3.8, 4) is 0 Å². The molecule has 0 saturated heterocycles. The first-order chi connectivity index (χ1) is 5.11. The second kappa shape index (κ2) is 4.12. The van der Waals surface area contributed by atoms with E-state index in [1.807, 2.05) is 26.0 Å². The fourth-order valence-corrected chi connectivity index (χ4v) is 1.00. The van der Waals surface area contributed by atoms with E-state index in [-0.39, 0.29) is 18.3 Å². The van der Waals surface area contributed by atoms with Crippen molar-refractivity contribution >= 4 is 18.3 Å². The zero-order valence-electron chi connectivity index (χ0n) is 7.13. The van der Waals surface area contributed by atoms with E-state index in [2.05, 4.69) is 0 Å². The Bertz CT molecular complexity index is 297. The van der Waals surface area contributed by atoms with Crippen LogP contribution in [0.2, 0.25) is 0 Å². The standard InChI is InChI=1S/C9H11NO.ClH/c1-6-3-4-7(2)8(5-6)9(10)11;/h3-5H,1-2H3,(H2,10,11);1H. The Labute approximate surface area is 78.2 Å². The van der Waals surface area contributed by atoms with Gasteiger partial charge in [-0.05, 0) is 25.5 Å². The Morgan fingerprint density at radius 2 is 1.92 bits per heavy atom. The fraction of sp³-hybridized carbons (Fsp3) is 0.222. The minimum Gasteiger partial charge on any atom is -0.366 e. The van der Waals surface area contributed by atoms with Gasteiger partial charge in [-0.1, -0.05) is 17.7 Å². The summed E-state index contributed by atoms with van der Waals surface area (Å²) in [6.07, 6.45) is 0. The molecule has 0 aliphatic carbocycles. The highest BCUT2D eigenvalue weighted by Gasteiger charge is 2.02. The minimum absolute atomic E-state index is 0. The molecule has 0 fully saturated rings. The van der Waals surface area contributed by atoms with Crippen LogP contribution in [0.3, 0.4) is 0 Å². The molecule has 0 aromatic heterocycles. The summed E-state index contributed by atoms with van der Waals surface area (Å²) < 4.78 is 0. The van der Waals surface area contributed by atoms with E-state index in [9.17, 15) is 4.79 Å². The summed E-state index contributed by atoms with van der Waals surface area (Å²) in [5, 5.41) is 0. The third-order valence-electron chi connectivity index (χ3n) is 1.66. The fourth-order valence-electron chi connectivity index (χ4n) is 1.00. The monoisotopic (exact) mass is 185 g/mol. The average Bonchev–Trinajstić information content (AvgIpc) is 1.94. The van der Waals surface area contributed by atoms with E-state index in [0.29, 0.717) is 5.56 Å². The number of hydrogen-bond donors (Lipinski definition) is 1. The van der Waals surface area contributed by atoms with Crippen molar-refractivity contribution in [1.29, 1.82) is 0 Å². The van der Waals surface area contributed by atoms with Crippen LogP contribution in [-0.2, 0) is 0 Å². The lowest BCUT2D eigenvalue weighted by atomic mass is 10.1. The van der Waals surface area contributed by atoms with Crippen molar-refractivity contribution in [3.63, 3.8) is 0 Å². The summed E-state index contributed by atoms with van der Waals surface area (Å²) in [6.45, 7) is 3.81. The first kappa shape index (κ1) is 11.0. The average molecular weight is 186 g/mol. The number of carbonyl (C=O) groups excluding carboxylic acids is 1. The van der Waals surface area contributed by atoms with Gasteiger partial charge in [0.2, 0.25) is 5.91 Å². The Morgan fingerprint density at radius 1 is 1.33 bits per heavy atom. The molecular weight excluding hydrogens is 174 g/mol. The largest absolute Gasteiger partial charge is 0.366 e. The van der Waals surface area contributed by atoms with E-state index in [1.54, 1.807) is 6.07 Å². The van der Waals surface area contributed by atoms with E-state index in [0.717, 1.165) is 11.1 Å². The molecule has 1 aromatic carbocycles. The SMILES string of the molecule is Cc1ccc(C)c(C(N)=O)c1.Cl. The number of carbonyl (C=O) groups is 1. The van der Waals surface area contributed by atoms with Crippen LogP contribution in [0.25, 0.3) is 0 Å². The zero-order chi connectivity index (χ0) is 8.43. The van der Waals surface area contributed by atoms with Crippen molar-refractivity contribution in [2.24, 2.45) is 5.73 Å². The number of primary amides is 1. The van der Waals surface area contributed by atoms with Crippen molar-refractivity contribution in [2.45, 2.75) is 13.8 Å². The van der Waals surface area contributed by atoms with Crippen LogP contribution >= 0.6 is 12.4 Å². The topological polar surface area (TPSA) is 43.1 Å². The molecule has 0 atom stereocenters. The summed E-state index contributed by atoms with van der Waals surface area (Å²) in [6, 6.07) is 5.66. The first-order valence-corrected chi connectivity index (χ1v) is 3.48. The first-order valence-electron chi connectivity index (χ1n) is 3.48. The summed E-state index contributed by atoms with van der Waals surface area (Å²) >= 11 is 0. The molecule has 0 spiro atoms. The van der Waals surface area contributed by atoms with Crippen LogP contribution in [-0.4, -0.2) is 5.91 Å². The van der Waals surface area contributed by atoms with Crippen LogP contribution in [0.1, 0.15) is 21.5 Å². The molecule has 66 valence electrons. The Balaban J connectivity index is 0.00000121. The second-order valence-corrected chi connectivity index (χ2v) is 2.68. The number of nitrogens with two attached hydrogens (primary N) is 1. The van der Waals surface area contributed by atoms with Gasteiger partial charge in [0.05, 0.1) is 0 Å². The number of amides is 1. The molecule has 1 rings (SSSR count). The van der Waals surface area contributed by atoms with Gasteiger partial charge in [-0.15, -0.1) is 12.4 Å². The smallest absolute Gasteiger partial charge is 0.248 e. The van der Waals surface area contributed by atoms with Gasteiger partial charge < -0.3 is 5.73 Å². The lowest BCUT2D eigenvalue weighted by Gasteiger charge is -2.01. The van der Waals surface area contributed by atoms with Gasteiger partial charge in [-0.3, -0.25) is 4.79 Å². The van der Waals surface area contributed by atoms with Gasteiger partial charge in [0.15, 0.2) is 0 Å². The quantitative estimate of drug-likeness (QED) is 0.713. The van der Waals surface area contributed by atoms with Crippen LogP contribution in [0.5, 0.6) is 0 Å². The molecule has 0 unspecified atom stereocenters. The van der Waals surface area contributed by atoms with Gasteiger partial charge in [-0.2, -0.15) is 0 Å². The highest BCUT2D eigenvalue weighted by Crippen LogP contribution is 2.08. The zero-order valence-corrected chi connectivity index (χ0v) is 7.94. The Morgan fingerprint density at radius 3 is 2.33 bits per heavy atom. The number of benzene rings is 1. The number of rotatable bonds is 1. The van der Waals surface area contributed by atoms with E-state index < -0.39 is 0 Å². The molecule has 3 heteroatoms. The molecule has 2 nitrogen and oxygen atoms in total. The van der Waals surface area contributed by atoms with Crippen LogP contribution in [0.4, 0.5) is 0 Å². The molecule has 1 aromatic rings. The lowest BCUT2D eigenvalue weighted by molar-refractivity contribution is 0.0999. The summed E-state index contributed by atoms with van der Waals surface area (Å²) in [5.74, 6) is -0.355. The molecule has 0 saturated carbocycles. The third kappa shape index (κ3) is 2.24. The summed E-state index contributed by atoms with van der Waals surface area (Å²) in [4.78, 5) is 10.8. The molecule has 0 aliphatic rings. The van der Waals surface area contributed by atoms with E-state index >= 15 is 0 Å². The van der Waals surface area contributed by atoms with Crippen molar-refractivity contribution in [2.75, 3.05) is 0 Å². The lowest BCUT2D eigenvalue weighted by Crippen LogP contribution is -2.12. The van der Waals surface area contributed by atoms with E-state index in [1.165, 1.54) is 0 Å². The van der Waals surface area contributed by atoms with Crippen molar-refractivity contribution < 1.29 is 4.79 Å². The normalized spacial score (nSPS) is 8.83. The summed E-state index contributed by atoms with van der Waals surface area (Å²) in [5.41, 5.74) is 7.75. The molecule has 2 N–H and O–H groups in total. The molecule has 0 heterocycles. The van der Waals surface area contributed by atoms with Crippen LogP contribution in [0, 0.1) is 13.8 Å². The molecule has 0 radical (unpaired) electrons. The molecule has 0 bridgehead atoms. The maximum absolute atomic E-state index is 10.8. The second-order valence-electron chi connectivity index (χ2n) is 2.68. The molecule has 0 aliphatic heterocycles. The predicted octanol–water partition coefficient (Wildman–Crippen LogP) is 1.82. The van der Waals surface area contributed by atoms with Gasteiger partial charge in [0.25, 0.3) is 0 Å².